The molecule has 2 atom stereocenters. The van der Waals surface area contributed by atoms with Crippen LogP contribution in [-0.4, -0.2) is 34.7 Å². The molecule has 0 spiro atoms. The van der Waals surface area contributed by atoms with Gasteiger partial charge in [-0.2, -0.15) is 0 Å². The molecule has 3 heterocycles. The molecule has 37 heavy (non-hydrogen) atoms. The Morgan fingerprint density at radius 3 is 2.43 bits per heavy atom. The topological polar surface area (TPSA) is 42.4 Å². The second kappa shape index (κ2) is 9.19. The minimum Gasteiger partial charge on any atom is -0.448 e. The van der Waals surface area contributed by atoms with E-state index in [1.165, 1.54) is 38.8 Å². The summed E-state index contributed by atoms with van der Waals surface area (Å²) in [6.07, 6.45) is 9.02. The Morgan fingerprint density at radius 1 is 0.892 bits per heavy atom. The van der Waals surface area contributed by atoms with Gasteiger partial charge in [-0.3, -0.25) is 9.88 Å². The lowest BCUT2D eigenvalue weighted by molar-refractivity contribution is 0.0509. The van der Waals surface area contributed by atoms with E-state index >= 15 is 0 Å². The highest BCUT2D eigenvalue weighted by Crippen LogP contribution is 2.45. The van der Waals surface area contributed by atoms with Crippen molar-refractivity contribution in [1.82, 2.24) is 9.88 Å². The van der Waals surface area contributed by atoms with E-state index in [1.54, 1.807) is 0 Å². The number of piperidine rings is 1. The molecule has 3 aliphatic rings. The van der Waals surface area contributed by atoms with Gasteiger partial charge in [0.15, 0.2) is 0 Å². The van der Waals surface area contributed by atoms with Gasteiger partial charge in [0.1, 0.15) is 6.61 Å². The van der Waals surface area contributed by atoms with Crippen LogP contribution >= 0.6 is 0 Å². The van der Waals surface area contributed by atoms with Crippen LogP contribution in [0.15, 0.2) is 96.7 Å². The van der Waals surface area contributed by atoms with Crippen LogP contribution < -0.4 is 0 Å². The predicted molar refractivity (Wildman–Crippen MR) is 146 cm³/mol. The summed E-state index contributed by atoms with van der Waals surface area (Å²) in [5.74, 6) is 0.0888. The fourth-order valence-corrected chi connectivity index (χ4v) is 6.76. The standard InChI is InChI=1S/C33H30N2O2/c36-33(37-21-31-29-15-3-1-13-27(29)28-14-2-4-16-30(28)31)35-25-11-6-12-26(35)20-22(19-25)18-24-9-5-8-23-10-7-17-34-32(23)24/h1-5,7-10,13-17,19,25-26,31H,6,11-12,18,20-21H2. The quantitative estimate of drug-likeness (QED) is 0.285. The lowest BCUT2D eigenvalue weighted by atomic mass is 9.83. The molecular weight excluding hydrogens is 456 g/mol. The normalized spacial score (nSPS) is 20.3. The maximum Gasteiger partial charge on any atom is 0.410 e. The number of benzene rings is 3. The molecule has 2 aliphatic heterocycles. The van der Waals surface area contributed by atoms with E-state index < -0.39 is 0 Å². The number of hydrogen-bond acceptors (Lipinski definition) is 3. The van der Waals surface area contributed by atoms with Crippen LogP contribution in [0.25, 0.3) is 22.0 Å². The third-order valence-corrected chi connectivity index (χ3v) is 8.39. The Labute approximate surface area is 217 Å². The summed E-state index contributed by atoms with van der Waals surface area (Å²) in [5, 5.41) is 1.18. The first-order valence-corrected chi connectivity index (χ1v) is 13.4. The molecule has 1 saturated heterocycles. The summed E-state index contributed by atoms with van der Waals surface area (Å²) < 4.78 is 6.07. The van der Waals surface area contributed by atoms with Crippen molar-refractivity contribution in [3.8, 4) is 11.1 Å². The first-order chi connectivity index (χ1) is 18.3. The second-order valence-electron chi connectivity index (χ2n) is 10.6. The molecule has 0 saturated carbocycles. The molecule has 2 unspecified atom stereocenters. The SMILES string of the molecule is O=C(OCC1c2ccccc2-c2ccccc21)N1C2C=C(Cc3cccc4cccnc34)CC1CCC2. The zero-order valence-corrected chi connectivity index (χ0v) is 20.8. The molecule has 4 aromatic rings. The van der Waals surface area contributed by atoms with Gasteiger partial charge in [0.05, 0.1) is 11.6 Å². The molecule has 4 heteroatoms. The Bertz CT molecular complexity index is 1470. The number of para-hydroxylation sites is 1. The van der Waals surface area contributed by atoms with Crippen molar-refractivity contribution >= 4 is 17.0 Å². The number of fused-ring (bicyclic) bond motifs is 6. The maximum atomic E-state index is 13.5. The van der Waals surface area contributed by atoms with E-state index in [0.29, 0.717) is 6.61 Å². The van der Waals surface area contributed by atoms with Crippen molar-refractivity contribution in [3.63, 3.8) is 0 Å². The van der Waals surface area contributed by atoms with E-state index in [4.69, 9.17) is 4.74 Å². The highest BCUT2D eigenvalue weighted by Gasteiger charge is 2.39. The average Bonchev–Trinajstić information content (AvgIpc) is 3.25. The van der Waals surface area contributed by atoms with Gasteiger partial charge in [-0.15, -0.1) is 0 Å². The van der Waals surface area contributed by atoms with E-state index in [-0.39, 0.29) is 24.1 Å². The molecule has 2 bridgehead atoms. The monoisotopic (exact) mass is 486 g/mol. The lowest BCUT2D eigenvalue weighted by Gasteiger charge is -2.44. The van der Waals surface area contributed by atoms with E-state index in [9.17, 15) is 4.79 Å². The fourth-order valence-electron chi connectivity index (χ4n) is 6.76. The number of hydrogen-bond donors (Lipinski definition) is 0. The zero-order valence-electron chi connectivity index (χ0n) is 20.8. The number of aromatic nitrogens is 1. The lowest BCUT2D eigenvalue weighted by Crippen LogP contribution is -2.52. The molecule has 3 aromatic carbocycles. The summed E-state index contributed by atoms with van der Waals surface area (Å²) in [5.41, 5.74) is 8.76. The van der Waals surface area contributed by atoms with Gasteiger partial charge in [0.2, 0.25) is 0 Å². The first kappa shape index (κ1) is 22.3. The number of nitrogens with zero attached hydrogens (tertiary/aromatic N) is 2. The van der Waals surface area contributed by atoms with Crippen LogP contribution in [0.4, 0.5) is 4.79 Å². The Balaban J connectivity index is 1.10. The van der Waals surface area contributed by atoms with Crippen molar-refractivity contribution in [3.05, 3.63) is 113 Å². The van der Waals surface area contributed by atoms with Crippen LogP contribution in [-0.2, 0) is 11.2 Å². The predicted octanol–water partition coefficient (Wildman–Crippen LogP) is 7.28. The summed E-state index contributed by atoms with van der Waals surface area (Å²) in [6, 6.07) is 27.8. The molecule has 1 aromatic heterocycles. The Kier molecular flexibility index (Phi) is 5.53. The molecule has 1 aliphatic carbocycles. The van der Waals surface area contributed by atoms with Crippen LogP contribution in [0.1, 0.15) is 48.3 Å². The smallest absolute Gasteiger partial charge is 0.410 e. The van der Waals surface area contributed by atoms with E-state index in [0.717, 1.165) is 37.6 Å². The number of carbonyl (C=O) groups is 1. The number of rotatable bonds is 4. The maximum absolute atomic E-state index is 13.5. The number of carbonyl (C=O) groups excluding carboxylic acids is 1. The van der Waals surface area contributed by atoms with Gasteiger partial charge in [-0.25, -0.2) is 4.79 Å². The molecule has 7 rings (SSSR count). The van der Waals surface area contributed by atoms with Crippen molar-refractivity contribution in [2.45, 2.75) is 50.1 Å². The first-order valence-electron chi connectivity index (χ1n) is 13.4. The van der Waals surface area contributed by atoms with Crippen molar-refractivity contribution < 1.29 is 9.53 Å². The number of amides is 1. The van der Waals surface area contributed by atoms with Crippen LogP contribution in [0, 0.1) is 0 Å². The van der Waals surface area contributed by atoms with Crippen molar-refractivity contribution in [1.29, 1.82) is 0 Å². The highest BCUT2D eigenvalue weighted by atomic mass is 16.6. The highest BCUT2D eigenvalue weighted by molar-refractivity contribution is 5.82. The van der Waals surface area contributed by atoms with Gasteiger partial charge >= 0.3 is 6.09 Å². The van der Waals surface area contributed by atoms with Crippen LogP contribution in [0.5, 0.6) is 0 Å². The van der Waals surface area contributed by atoms with Gasteiger partial charge in [0, 0.05) is 23.5 Å². The van der Waals surface area contributed by atoms with Gasteiger partial charge < -0.3 is 4.74 Å². The summed E-state index contributed by atoms with van der Waals surface area (Å²) in [6.45, 7) is 0.376. The fraction of sp³-hybridized carbons (Fsp3) is 0.273. The number of ether oxygens (including phenoxy) is 1. The van der Waals surface area contributed by atoms with Crippen molar-refractivity contribution in [2.24, 2.45) is 0 Å². The summed E-state index contributed by atoms with van der Waals surface area (Å²) >= 11 is 0. The second-order valence-corrected chi connectivity index (χ2v) is 10.6. The van der Waals surface area contributed by atoms with Crippen molar-refractivity contribution in [2.75, 3.05) is 6.61 Å². The summed E-state index contributed by atoms with van der Waals surface area (Å²) in [7, 11) is 0. The van der Waals surface area contributed by atoms with Gasteiger partial charge in [-0.05, 0) is 66.0 Å². The molecular formula is C33H30N2O2. The van der Waals surface area contributed by atoms with E-state index in [1.807, 2.05) is 17.2 Å². The third kappa shape index (κ3) is 3.92. The Morgan fingerprint density at radius 2 is 1.65 bits per heavy atom. The average molecular weight is 487 g/mol. The molecule has 0 radical (unpaired) electrons. The largest absolute Gasteiger partial charge is 0.448 e. The van der Waals surface area contributed by atoms with Crippen LogP contribution in [0.3, 0.4) is 0 Å². The molecule has 1 fully saturated rings. The van der Waals surface area contributed by atoms with Gasteiger partial charge in [-0.1, -0.05) is 84.4 Å². The van der Waals surface area contributed by atoms with Crippen LogP contribution in [0.2, 0.25) is 0 Å². The van der Waals surface area contributed by atoms with E-state index in [2.05, 4.69) is 83.9 Å². The molecule has 1 amide bonds. The summed E-state index contributed by atoms with van der Waals surface area (Å²) in [4.78, 5) is 20.2. The molecule has 184 valence electrons. The van der Waals surface area contributed by atoms with Gasteiger partial charge in [0.25, 0.3) is 0 Å². The number of pyridine rings is 1. The molecule has 0 N–H and O–H groups in total. The third-order valence-electron chi connectivity index (χ3n) is 8.39. The molecule has 4 nitrogen and oxygen atoms in total. The zero-order chi connectivity index (χ0) is 24.8. The Hall–Kier alpha value is -3.92. The minimum atomic E-state index is -0.168. The minimum absolute atomic E-state index is 0.0888.